The second-order valence-corrected chi connectivity index (χ2v) is 9.78. The minimum Gasteiger partial charge on any atom is -0.752 e. The summed E-state index contributed by atoms with van der Waals surface area (Å²) in [5.41, 5.74) is 4.08. The largest absolute Gasteiger partial charge is 2.00 e. The van der Waals surface area contributed by atoms with E-state index in [0.717, 1.165) is 0 Å². The van der Waals surface area contributed by atoms with Crippen LogP contribution < -0.4 is 0 Å². The summed E-state index contributed by atoms with van der Waals surface area (Å²) in [6, 6.07) is 22.5. The fourth-order valence-electron chi connectivity index (χ4n) is 2.74. The molecule has 0 spiro atoms. The molecule has 8 nitrogen and oxygen atoms in total. The second kappa shape index (κ2) is 18.2. The summed E-state index contributed by atoms with van der Waals surface area (Å²) in [6.45, 7) is 0. The molecule has 200 valence electrons. The van der Waals surface area contributed by atoms with Crippen molar-refractivity contribution < 1.29 is 16.5 Å². The van der Waals surface area contributed by atoms with E-state index in [-0.39, 0.29) is 16.5 Å². The maximum Gasteiger partial charge on any atom is 2.00 e. The third kappa shape index (κ3) is 10.9. The monoisotopic (exact) mass is 632 g/mol. The molecule has 39 heavy (non-hydrogen) atoms. The van der Waals surface area contributed by atoms with Gasteiger partial charge < -0.3 is 25.3 Å². The zero-order valence-electron chi connectivity index (χ0n) is 20.8. The van der Waals surface area contributed by atoms with E-state index >= 15 is 0 Å². The maximum atomic E-state index is 5.02. The van der Waals surface area contributed by atoms with Crippen molar-refractivity contribution in [3.63, 3.8) is 0 Å². The molecule has 13 heteroatoms. The van der Waals surface area contributed by atoms with Gasteiger partial charge in [-0.15, -0.1) is 33.7 Å². The Kier molecular flexibility index (Phi) is 15.0. The average molecular weight is 633 g/mol. The van der Waals surface area contributed by atoms with Gasteiger partial charge in [0, 0.05) is 24.8 Å². The van der Waals surface area contributed by atoms with Crippen molar-refractivity contribution in [2.24, 2.45) is 20.4 Å². The van der Waals surface area contributed by atoms with Gasteiger partial charge in [-0.1, -0.05) is 24.3 Å². The smallest absolute Gasteiger partial charge is 0.752 e. The summed E-state index contributed by atoms with van der Waals surface area (Å²) in [6.07, 6.45) is 10.6. The van der Waals surface area contributed by atoms with Crippen molar-refractivity contribution in [2.45, 2.75) is 0 Å². The van der Waals surface area contributed by atoms with Crippen LogP contribution in [0.15, 0.2) is 118 Å². The Balaban J connectivity index is 0.000000267. The van der Waals surface area contributed by atoms with Crippen molar-refractivity contribution in [1.29, 1.82) is 0 Å². The van der Waals surface area contributed by atoms with Crippen LogP contribution in [0.4, 0.5) is 0 Å². The van der Waals surface area contributed by atoms with E-state index in [0.29, 0.717) is 43.0 Å². The summed E-state index contributed by atoms with van der Waals surface area (Å²) in [4.78, 5) is 17.1. The molecule has 4 aromatic rings. The predicted molar refractivity (Wildman–Crippen MR) is 165 cm³/mol. The number of hydrogen-bond donors (Lipinski definition) is 0. The second-order valence-electron chi connectivity index (χ2n) is 6.90. The molecule has 0 radical (unpaired) electrons. The third-order valence-corrected chi connectivity index (χ3v) is 6.47. The molecule has 0 N–H and O–H groups in total. The van der Waals surface area contributed by atoms with E-state index in [1.807, 2.05) is 85.3 Å². The van der Waals surface area contributed by atoms with Crippen LogP contribution in [-0.4, -0.2) is 52.6 Å². The van der Waals surface area contributed by atoms with Gasteiger partial charge in [0.2, 0.25) is 0 Å². The minimum absolute atomic E-state index is 0. The molecule has 0 saturated heterocycles. The Morgan fingerprint density at radius 1 is 0.513 bits per heavy atom. The van der Waals surface area contributed by atoms with Crippen molar-refractivity contribution in [3.8, 4) is 0 Å². The topological polar surface area (TPSA) is 101 Å². The molecule has 0 fully saturated rings. The van der Waals surface area contributed by atoms with E-state index < -0.39 is 0 Å². The molecule has 0 aliphatic rings. The molecule has 0 unspecified atom stereocenters. The Hall–Kier alpha value is -3.09. The third-order valence-electron chi connectivity index (χ3n) is 4.44. The number of nitrogens with zero attached hydrogens (tertiary/aromatic N) is 8. The van der Waals surface area contributed by atoms with Crippen LogP contribution in [-0.2, 0) is 41.7 Å². The SMILES string of the molecule is CS/C([S-])=N\N=C(c1ccccn1)c1ccccn1.CS/C([S-])=N\N=C(c1ccccn1)c1ccccn1.[Ni+2]. The van der Waals surface area contributed by atoms with Crippen LogP contribution in [0.25, 0.3) is 0 Å². The molecular weight excluding hydrogens is 611 g/mol. The molecule has 0 saturated carbocycles. The van der Waals surface area contributed by atoms with Gasteiger partial charge in [0.15, 0.2) is 0 Å². The fraction of sp³-hybridized carbons (Fsp3) is 0.0769. The van der Waals surface area contributed by atoms with E-state index in [1.54, 1.807) is 24.8 Å². The molecule has 0 amide bonds. The summed E-state index contributed by atoms with van der Waals surface area (Å²) in [5.74, 6) is 0. The standard InChI is InChI=1S/2C13H12N4S2.Ni/c2*1-19-13(18)17-16-12(10-6-2-4-8-14-10)11-7-3-5-9-15-11;/h2*2-9H,1H3,(H,17,18);/q;;+2/p-2. The Bertz CT molecular complexity index is 1200. The van der Waals surface area contributed by atoms with E-state index in [2.05, 4.69) is 40.3 Å². The first-order valence-electron chi connectivity index (χ1n) is 11.0. The van der Waals surface area contributed by atoms with Gasteiger partial charge in [0.1, 0.15) is 11.4 Å². The van der Waals surface area contributed by atoms with Crippen LogP contribution >= 0.6 is 23.5 Å². The van der Waals surface area contributed by atoms with Crippen molar-refractivity contribution in [3.05, 3.63) is 120 Å². The van der Waals surface area contributed by atoms with Gasteiger partial charge in [0.05, 0.1) is 22.8 Å². The molecular formula is C26H22N8NiS4. The first kappa shape index (κ1) is 32.1. The predicted octanol–water partition coefficient (Wildman–Crippen LogP) is 4.99. The molecule has 0 aliphatic carbocycles. The van der Waals surface area contributed by atoms with Crippen molar-refractivity contribution in [1.82, 2.24) is 19.9 Å². The molecule has 0 aromatic carbocycles. The molecule has 0 atom stereocenters. The summed E-state index contributed by atoms with van der Waals surface area (Å²) in [5, 5.41) is 16.4. The van der Waals surface area contributed by atoms with Gasteiger partial charge in [-0.2, -0.15) is 10.2 Å². The summed E-state index contributed by atoms with van der Waals surface area (Å²) < 4.78 is 0.953. The Morgan fingerprint density at radius 3 is 1.00 bits per heavy atom. The van der Waals surface area contributed by atoms with Gasteiger partial charge >= 0.3 is 16.5 Å². The molecule has 4 aromatic heterocycles. The number of pyridine rings is 4. The van der Waals surface area contributed by atoms with E-state index in [4.69, 9.17) is 25.3 Å². The Labute approximate surface area is 257 Å². The molecule has 0 bridgehead atoms. The first-order chi connectivity index (χ1) is 18.6. The quantitative estimate of drug-likeness (QED) is 0.0964. The number of rotatable bonds is 6. The van der Waals surface area contributed by atoms with E-state index in [9.17, 15) is 0 Å². The zero-order valence-corrected chi connectivity index (χ0v) is 25.0. The van der Waals surface area contributed by atoms with Crippen LogP contribution in [0.2, 0.25) is 0 Å². The normalized spacial score (nSPS) is 10.8. The fourth-order valence-corrected chi connectivity index (χ4v) is 3.07. The van der Waals surface area contributed by atoms with Crippen LogP contribution in [0.1, 0.15) is 22.8 Å². The van der Waals surface area contributed by atoms with Gasteiger partial charge in [-0.3, -0.25) is 19.9 Å². The van der Waals surface area contributed by atoms with Gasteiger partial charge in [-0.05, 0) is 69.8 Å². The van der Waals surface area contributed by atoms with Gasteiger partial charge in [0.25, 0.3) is 0 Å². The Morgan fingerprint density at radius 2 is 0.795 bits per heavy atom. The first-order valence-corrected chi connectivity index (χ1v) is 14.3. The number of aromatic nitrogens is 4. The summed E-state index contributed by atoms with van der Waals surface area (Å²) >= 11 is 12.8. The van der Waals surface area contributed by atoms with Crippen molar-refractivity contribution >= 4 is 69.0 Å². The maximum absolute atomic E-state index is 5.02. The minimum atomic E-state index is 0. The summed E-state index contributed by atoms with van der Waals surface area (Å²) in [7, 11) is 0. The zero-order chi connectivity index (χ0) is 27.0. The molecule has 0 aliphatic heterocycles. The number of hydrogen-bond acceptors (Lipinski definition) is 12. The number of thioether (sulfide) groups is 2. The van der Waals surface area contributed by atoms with Gasteiger partial charge in [-0.25, -0.2) is 0 Å². The van der Waals surface area contributed by atoms with Crippen LogP contribution in [0.3, 0.4) is 0 Å². The molecule has 4 heterocycles. The van der Waals surface area contributed by atoms with Crippen molar-refractivity contribution in [2.75, 3.05) is 12.5 Å². The van der Waals surface area contributed by atoms with Crippen LogP contribution in [0.5, 0.6) is 0 Å². The van der Waals surface area contributed by atoms with E-state index in [1.165, 1.54) is 23.5 Å². The van der Waals surface area contributed by atoms with Crippen LogP contribution in [0, 0.1) is 0 Å². The molecule has 4 rings (SSSR count). The average Bonchev–Trinajstić information content (AvgIpc) is 2.99.